The predicted octanol–water partition coefficient (Wildman–Crippen LogP) is 3.85. The van der Waals surface area contributed by atoms with E-state index in [1.54, 1.807) is 43.7 Å². The second-order valence-corrected chi connectivity index (χ2v) is 5.18. The second kappa shape index (κ2) is 6.31. The number of anilines is 1. The van der Waals surface area contributed by atoms with Crippen LogP contribution in [0.15, 0.2) is 55.0 Å². The van der Waals surface area contributed by atoms with E-state index >= 15 is 0 Å². The van der Waals surface area contributed by atoms with Crippen molar-refractivity contribution < 1.29 is 13.2 Å². The number of nitrogens with one attached hydrogen (secondary N) is 1. The lowest BCUT2D eigenvalue weighted by Gasteiger charge is -2.15. The van der Waals surface area contributed by atoms with E-state index in [1.807, 2.05) is 0 Å². The lowest BCUT2D eigenvalue weighted by molar-refractivity contribution is -0.137. The van der Waals surface area contributed by atoms with Crippen LogP contribution in [0.2, 0.25) is 0 Å². The summed E-state index contributed by atoms with van der Waals surface area (Å²) in [6.07, 6.45) is 0.517. The summed E-state index contributed by atoms with van der Waals surface area (Å²) in [6, 6.07) is 8.29. The van der Waals surface area contributed by atoms with Gasteiger partial charge in [0, 0.05) is 24.7 Å². The van der Waals surface area contributed by atoms with E-state index in [4.69, 9.17) is 0 Å². The molecule has 1 N–H and O–H groups in total. The minimum atomic E-state index is -4.36. The minimum Gasteiger partial charge on any atom is -0.362 e. The van der Waals surface area contributed by atoms with E-state index in [0.29, 0.717) is 17.3 Å². The zero-order valence-electron chi connectivity index (χ0n) is 12.7. The van der Waals surface area contributed by atoms with Crippen LogP contribution in [0.25, 0.3) is 5.95 Å². The Labute approximate surface area is 136 Å². The van der Waals surface area contributed by atoms with Crippen LogP contribution >= 0.6 is 0 Å². The topological polar surface area (TPSA) is 55.6 Å². The van der Waals surface area contributed by atoms with Crippen molar-refractivity contribution >= 4 is 5.82 Å². The van der Waals surface area contributed by atoms with Crippen molar-refractivity contribution in [3.05, 3.63) is 66.1 Å². The molecule has 24 heavy (non-hydrogen) atoms. The molecule has 3 aromatic rings. The summed E-state index contributed by atoms with van der Waals surface area (Å²) in [5.41, 5.74) is -0.146. The highest BCUT2D eigenvalue weighted by Gasteiger charge is 2.30. The van der Waals surface area contributed by atoms with Gasteiger partial charge in [0.15, 0.2) is 0 Å². The molecule has 1 aromatic carbocycles. The molecule has 0 spiro atoms. The van der Waals surface area contributed by atoms with Crippen LogP contribution in [0.4, 0.5) is 19.0 Å². The molecule has 0 bridgehead atoms. The highest BCUT2D eigenvalue weighted by Crippen LogP contribution is 2.31. The molecule has 0 aliphatic heterocycles. The Morgan fingerprint density at radius 3 is 2.54 bits per heavy atom. The van der Waals surface area contributed by atoms with Gasteiger partial charge in [-0.05, 0) is 30.7 Å². The standard InChI is InChI=1S/C16H14F3N5/c1-11(12-4-2-5-13(10-12)16(17,18)19)22-14-6-9-24(23-14)15-20-7-3-8-21-15/h2-11H,1H3,(H,22,23). The average Bonchev–Trinajstić information content (AvgIpc) is 3.03. The van der Waals surface area contributed by atoms with Crippen molar-refractivity contribution in [2.45, 2.75) is 19.1 Å². The second-order valence-electron chi connectivity index (χ2n) is 5.18. The SMILES string of the molecule is CC(Nc1ccn(-c2ncccn2)n1)c1cccc(C(F)(F)F)c1. The molecular weight excluding hydrogens is 319 g/mol. The van der Waals surface area contributed by atoms with E-state index < -0.39 is 11.7 Å². The quantitative estimate of drug-likeness (QED) is 0.788. The lowest BCUT2D eigenvalue weighted by Crippen LogP contribution is -2.11. The van der Waals surface area contributed by atoms with Gasteiger partial charge in [-0.15, -0.1) is 5.10 Å². The molecule has 2 heterocycles. The van der Waals surface area contributed by atoms with Gasteiger partial charge in [-0.25, -0.2) is 14.6 Å². The molecule has 0 aliphatic rings. The zero-order valence-corrected chi connectivity index (χ0v) is 12.7. The first-order valence-corrected chi connectivity index (χ1v) is 7.20. The Balaban J connectivity index is 1.76. The molecule has 5 nitrogen and oxygen atoms in total. The number of rotatable bonds is 4. The maximum Gasteiger partial charge on any atom is 0.416 e. The summed E-state index contributed by atoms with van der Waals surface area (Å²) in [5, 5.41) is 7.35. The Morgan fingerprint density at radius 2 is 1.83 bits per heavy atom. The first-order chi connectivity index (χ1) is 11.4. The normalized spacial score (nSPS) is 12.8. The molecule has 8 heteroatoms. The maximum atomic E-state index is 12.8. The summed E-state index contributed by atoms with van der Waals surface area (Å²) in [5.74, 6) is 0.935. The molecule has 124 valence electrons. The molecule has 3 rings (SSSR count). The Kier molecular flexibility index (Phi) is 4.20. The van der Waals surface area contributed by atoms with Gasteiger partial charge >= 0.3 is 6.18 Å². The number of hydrogen-bond acceptors (Lipinski definition) is 4. The monoisotopic (exact) mass is 333 g/mol. The van der Waals surface area contributed by atoms with Crippen molar-refractivity contribution in [2.75, 3.05) is 5.32 Å². The summed E-state index contributed by atoms with van der Waals surface area (Å²) in [7, 11) is 0. The van der Waals surface area contributed by atoms with E-state index in [0.717, 1.165) is 12.1 Å². The molecule has 0 aliphatic carbocycles. The molecule has 1 unspecified atom stereocenters. The first kappa shape index (κ1) is 16.0. The van der Waals surface area contributed by atoms with Gasteiger partial charge in [-0.1, -0.05) is 12.1 Å². The molecule has 0 saturated heterocycles. The number of alkyl halides is 3. The van der Waals surface area contributed by atoms with Crippen molar-refractivity contribution in [1.29, 1.82) is 0 Å². The van der Waals surface area contributed by atoms with Crippen molar-refractivity contribution in [3.8, 4) is 5.95 Å². The van der Waals surface area contributed by atoms with Crippen molar-refractivity contribution in [1.82, 2.24) is 19.7 Å². The number of benzene rings is 1. The maximum absolute atomic E-state index is 12.8. The predicted molar refractivity (Wildman–Crippen MR) is 82.6 cm³/mol. The fourth-order valence-electron chi connectivity index (χ4n) is 2.21. The van der Waals surface area contributed by atoms with Gasteiger partial charge in [-0.3, -0.25) is 0 Å². The third-order valence-corrected chi connectivity index (χ3v) is 3.42. The first-order valence-electron chi connectivity index (χ1n) is 7.20. The van der Waals surface area contributed by atoms with Gasteiger partial charge in [0.05, 0.1) is 11.6 Å². The van der Waals surface area contributed by atoms with Crippen LogP contribution < -0.4 is 5.32 Å². The van der Waals surface area contributed by atoms with Crippen LogP contribution in [-0.2, 0) is 6.18 Å². The third kappa shape index (κ3) is 3.53. The van der Waals surface area contributed by atoms with Gasteiger partial charge in [-0.2, -0.15) is 13.2 Å². The van der Waals surface area contributed by atoms with Gasteiger partial charge < -0.3 is 5.32 Å². The smallest absolute Gasteiger partial charge is 0.362 e. The Morgan fingerprint density at radius 1 is 1.08 bits per heavy atom. The van der Waals surface area contributed by atoms with Crippen LogP contribution in [-0.4, -0.2) is 19.7 Å². The molecule has 0 amide bonds. The van der Waals surface area contributed by atoms with E-state index in [1.165, 1.54) is 10.7 Å². The molecule has 0 saturated carbocycles. The summed E-state index contributed by atoms with van der Waals surface area (Å²) in [4.78, 5) is 8.15. The molecule has 0 fully saturated rings. The van der Waals surface area contributed by atoms with Crippen LogP contribution in [0.1, 0.15) is 24.1 Å². The van der Waals surface area contributed by atoms with E-state index in [9.17, 15) is 13.2 Å². The highest BCUT2D eigenvalue weighted by molar-refractivity contribution is 5.39. The van der Waals surface area contributed by atoms with Crippen LogP contribution in [0, 0.1) is 0 Å². The number of aromatic nitrogens is 4. The number of nitrogens with zero attached hydrogens (tertiary/aromatic N) is 4. The summed E-state index contributed by atoms with van der Waals surface area (Å²) < 4.78 is 39.9. The Hall–Kier alpha value is -2.90. The van der Waals surface area contributed by atoms with Crippen LogP contribution in [0.3, 0.4) is 0 Å². The number of hydrogen-bond donors (Lipinski definition) is 1. The van der Waals surface area contributed by atoms with Gasteiger partial charge in [0.1, 0.15) is 5.82 Å². The molecular formula is C16H14F3N5. The lowest BCUT2D eigenvalue weighted by atomic mass is 10.0. The van der Waals surface area contributed by atoms with Crippen molar-refractivity contribution in [2.24, 2.45) is 0 Å². The molecule has 2 aromatic heterocycles. The van der Waals surface area contributed by atoms with Crippen molar-refractivity contribution in [3.63, 3.8) is 0 Å². The van der Waals surface area contributed by atoms with Gasteiger partial charge in [0.25, 0.3) is 0 Å². The summed E-state index contributed by atoms with van der Waals surface area (Å²) >= 11 is 0. The van der Waals surface area contributed by atoms with E-state index in [-0.39, 0.29) is 6.04 Å². The fraction of sp³-hybridized carbons (Fsp3) is 0.188. The van der Waals surface area contributed by atoms with Gasteiger partial charge in [0.2, 0.25) is 5.95 Å². The largest absolute Gasteiger partial charge is 0.416 e. The van der Waals surface area contributed by atoms with Crippen LogP contribution in [0.5, 0.6) is 0 Å². The number of halogens is 3. The third-order valence-electron chi connectivity index (χ3n) is 3.42. The highest BCUT2D eigenvalue weighted by atomic mass is 19.4. The fourth-order valence-corrected chi connectivity index (χ4v) is 2.21. The van der Waals surface area contributed by atoms with E-state index in [2.05, 4.69) is 20.4 Å². The minimum absolute atomic E-state index is 0.340. The zero-order chi connectivity index (χ0) is 17.2. The molecule has 1 atom stereocenters. The summed E-state index contributed by atoms with van der Waals surface area (Å²) in [6.45, 7) is 1.77. The molecule has 0 radical (unpaired) electrons. The average molecular weight is 333 g/mol. The Bertz CT molecular complexity index is 814.